The predicted molar refractivity (Wildman–Crippen MR) is 72.3 cm³/mol. The molecule has 0 aliphatic carbocycles. The smallest absolute Gasteiger partial charge is 0.123 e. The molecule has 0 aliphatic heterocycles. The van der Waals surface area contributed by atoms with Crippen molar-refractivity contribution in [2.45, 2.75) is 10.8 Å². The quantitative estimate of drug-likeness (QED) is 0.691. The van der Waals surface area contributed by atoms with Crippen molar-refractivity contribution in [3.63, 3.8) is 0 Å². The third kappa shape index (κ3) is 3.20. The Morgan fingerprint density at radius 3 is 2.94 bits per heavy atom. The van der Waals surface area contributed by atoms with Gasteiger partial charge in [0.1, 0.15) is 10.8 Å². The lowest BCUT2D eigenvalue weighted by Gasteiger charge is -2.06. The van der Waals surface area contributed by atoms with Crippen LogP contribution in [0.3, 0.4) is 0 Å². The first kappa shape index (κ1) is 12.4. The molecule has 0 saturated heterocycles. The number of nitrogens with zero attached hydrogens (tertiary/aromatic N) is 1. The summed E-state index contributed by atoms with van der Waals surface area (Å²) < 4.78 is 14.0. The third-order valence-corrected chi connectivity index (χ3v) is 4.15. The number of anilines is 1. The number of hydrogen-bond donors (Lipinski definition) is 1. The number of halogens is 2. The molecule has 1 aromatic heterocycles. The molecule has 0 spiro atoms. The number of hydrogen-bond acceptors (Lipinski definition) is 3. The van der Waals surface area contributed by atoms with E-state index in [4.69, 9.17) is 5.73 Å². The van der Waals surface area contributed by atoms with Gasteiger partial charge in [0.15, 0.2) is 0 Å². The number of nitrogens with two attached hydrogens (primary N) is 1. The molecule has 88 valence electrons. The average molecular weight is 313 g/mol. The minimum Gasteiger partial charge on any atom is -0.398 e. The fraction of sp³-hybridized carbons (Fsp3) is 0.0833. The van der Waals surface area contributed by atoms with E-state index in [0.29, 0.717) is 11.4 Å². The van der Waals surface area contributed by atoms with Crippen molar-refractivity contribution in [2.75, 3.05) is 5.73 Å². The van der Waals surface area contributed by atoms with Gasteiger partial charge in [-0.25, -0.2) is 9.37 Å². The second-order valence-corrected chi connectivity index (χ2v) is 5.24. The number of thioether (sulfide) groups is 1. The summed E-state index contributed by atoms with van der Waals surface area (Å²) in [6, 6.07) is 8.17. The highest BCUT2D eigenvalue weighted by molar-refractivity contribution is 9.10. The largest absolute Gasteiger partial charge is 0.398 e. The first-order valence-corrected chi connectivity index (χ1v) is 6.72. The molecule has 1 aromatic carbocycles. The molecule has 5 heteroatoms. The van der Waals surface area contributed by atoms with Gasteiger partial charge in [0, 0.05) is 22.1 Å². The number of pyridine rings is 1. The summed E-state index contributed by atoms with van der Waals surface area (Å²) in [6.45, 7) is 0. The van der Waals surface area contributed by atoms with Crippen molar-refractivity contribution in [3.05, 3.63) is 52.4 Å². The highest BCUT2D eigenvalue weighted by Gasteiger charge is 2.05. The predicted octanol–water partition coefficient (Wildman–Crippen LogP) is 3.86. The maximum Gasteiger partial charge on any atom is 0.123 e. The molecule has 2 rings (SSSR count). The van der Waals surface area contributed by atoms with E-state index in [1.165, 1.54) is 23.9 Å². The Balaban J connectivity index is 2.12. The van der Waals surface area contributed by atoms with Crippen molar-refractivity contribution in [2.24, 2.45) is 0 Å². The van der Waals surface area contributed by atoms with Crippen LogP contribution in [0.5, 0.6) is 0 Å². The van der Waals surface area contributed by atoms with Crippen molar-refractivity contribution in [1.29, 1.82) is 0 Å². The Morgan fingerprint density at radius 2 is 2.18 bits per heavy atom. The summed E-state index contributed by atoms with van der Waals surface area (Å²) >= 11 is 4.93. The molecule has 0 radical (unpaired) electrons. The lowest BCUT2D eigenvalue weighted by molar-refractivity contribution is 0.627. The second kappa shape index (κ2) is 5.51. The van der Waals surface area contributed by atoms with Crippen LogP contribution >= 0.6 is 27.7 Å². The van der Waals surface area contributed by atoms with E-state index >= 15 is 0 Å². The number of rotatable bonds is 3. The zero-order valence-corrected chi connectivity index (χ0v) is 11.3. The van der Waals surface area contributed by atoms with Crippen LogP contribution in [0.1, 0.15) is 5.56 Å². The topological polar surface area (TPSA) is 38.9 Å². The molecule has 2 N–H and O–H groups in total. The van der Waals surface area contributed by atoms with E-state index < -0.39 is 0 Å². The van der Waals surface area contributed by atoms with Crippen LogP contribution in [0.25, 0.3) is 0 Å². The van der Waals surface area contributed by atoms with Gasteiger partial charge in [-0.3, -0.25) is 0 Å². The van der Waals surface area contributed by atoms with Gasteiger partial charge in [-0.15, -0.1) is 11.8 Å². The van der Waals surface area contributed by atoms with Gasteiger partial charge in [0.25, 0.3) is 0 Å². The van der Waals surface area contributed by atoms with E-state index in [9.17, 15) is 4.39 Å². The van der Waals surface area contributed by atoms with E-state index in [0.717, 1.165) is 15.1 Å². The molecular formula is C12H10BrFN2S. The summed E-state index contributed by atoms with van der Waals surface area (Å²) in [5.41, 5.74) is 7.17. The van der Waals surface area contributed by atoms with E-state index in [1.807, 2.05) is 12.1 Å². The van der Waals surface area contributed by atoms with Crippen LogP contribution < -0.4 is 5.73 Å². The van der Waals surface area contributed by atoms with Crippen molar-refractivity contribution >= 4 is 33.4 Å². The third-order valence-electron chi connectivity index (χ3n) is 2.19. The molecule has 0 bridgehead atoms. The van der Waals surface area contributed by atoms with Gasteiger partial charge in [-0.1, -0.05) is 0 Å². The standard InChI is InChI=1S/C12H10BrFN2S/c13-10-2-1-5-16-12(10)17-7-8-6-9(14)3-4-11(8)15/h1-6H,7,15H2. The van der Waals surface area contributed by atoms with Crippen molar-refractivity contribution in [3.8, 4) is 0 Å². The normalized spacial score (nSPS) is 10.5. The van der Waals surface area contributed by atoms with Crippen LogP contribution in [-0.4, -0.2) is 4.98 Å². The monoisotopic (exact) mass is 312 g/mol. The van der Waals surface area contributed by atoms with Crippen LogP contribution in [-0.2, 0) is 5.75 Å². The summed E-state index contributed by atoms with van der Waals surface area (Å²) in [5.74, 6) is 0.328. The highest BCUT2D eigenvalue weighted by atomic mass is 79.9. The molecule has 0 fully saturated rings. The van der Waals surface area contributed by atoms with Crippen LogP contribution in [0, 0.1) is 5.82 Å². The summed E-state index contributed by atoms with van der Waals surface area (Å²) in [6.07, 6.45) is 1.72. The summed E-state index contributed by atoms with van der Waals surface area (Å²) in [5, 5.41) is 0.871. The van der Waals surface area contributed by atoms with E-state index in [1.54, 1.807) is 12.3 Å². The van der Waals surface area contributed by atoms with Gasteiger partial charge in [0.2, 0.25) is 0 Å². The van der Waals surface area contributed by atoms with Crippen molar-refractivity contribution in [1.82, 2.24) is 4.98 Å². The fourth-order valence-corrected chi connectivity index (χ4v) is 2.80. The van der Waals surface area contributed by atoms with E-state index in [-0.39, 0.29) is 5.82 Å². The molecule has 0 atom stereocenters. The number of aromatic nitrogens is 1. The molecular weight excluding hydrogens is 303 g/mol. The maximum absolute atomic E-state index is 13.1. The van der Waals surface area contributed by atoms with Gasteiger partial charge >= 0.3 is 0 Å². The van der Waals surface area contributed by atoms with Gasteiger partial charge < -0.3 is 5.73 Å². The molecule has 17 heavy (non-hydrogen) atoms. The van der Waals surface area contributed by atoms with E-state index in [2.05, 4.69) is 20.9 Å². The number of nitrogen functional groups attached to an aromatic ring is 1. The summed E-state index contributed by atoms with van der Waals surface area (Å²) in [4.78, 5) is 4.23. The second-order valence-electron chi connectivity index (χ2n) is 3.42. The van der Waals surface area contributed by atoms with Crippen LogP contribution in [0.4, 0.5) is 10.1 Å². The lowest BCUT2D eigenvalue weighted by Crippen LogP contribution is -1.94. The first-order valence-electron chi connectivity index (χ1n) is 4.94. The SMILES string of the molecule is Nc1ccc(F)cc1CSc1ncccc1Br. The fourth-order valence-electron chi connectivity index (χ4n) is 1.32. The molecule has 2 nitrogen and oxygen atoms in total. The zero-order valence-electron chi connectivity index (χ0n) is 8.86. The molecule has 1 heterocycles. The highest BCUT2D eigenvalue weighted by Crippen LogP contribution is 2.29. The first-order chi connectivity index (χ1) is 8.16. The number of benzene rings is 1. The van der Waals surface area contributed by atoms with Crippen molar-refractivity contribution < 1.29 is 4.39 Å². The van der Waals surface area contributed by atoms with Crippen LogP contribution in [0.2, 0.25) is 0 Å². The molecule has 0 amide bonds. The van der Waals surface area contributed by atoms with Gasteiger partial charge in [-0.05, 0) is 51.8 Å². The Labute approximate surface area is 112 Å². The molecule has 0 aliphatic rings. The lowest BCUT2D eigenvalue weighted by atomic mass is 10.2. The Bertz CT molecular complexity index is 534. The Kier molecular flexibility index (Phi) is 4.02. The summed E-state index contributed by atoms with van der Waals surface area (Å²) in [7, 11) is 0. The minimum absolute atomic E-state index is 0.269. The molecule has 0 unspecified atom stereocenters. The Hall–Kier alpha value is -1.07. The zero-order chi connectivity index (χ0) is 12.3. The molecule has 2 aromatic rings. The Morgan fingerprint density at radius 1 is 1.35 bits per heavy atom. The van der Waals surface area contributed by atoms with Crippen LogP contribution in [0.15, 0.2) is 46.0 Å². The van der Waals surface area contributed by atoms with Gasteiger partial charge in [-0.2, -0.15) is 0 Å². The minimum atomic E-state index is -0.269. The average Bonchev–Trinajstić information content (AvgIpc) is 2.32. The van der Waals surface area contributed by atoms with Gasteiger partial charge in [0.05, 0.1) is 0 Å². The molecule has 0 saturated carbocycles. The maximum atomic E-state index is 13.1.